The molecular weight excluding hydrogens is 341 g/mol. The molecule has 0 bridgehead atoms. The Morgan fingerprint density at radius 2 is 1.96 bits per heavy atom. The van der Waals surface area contributed by atoms with Gasteiger partial charge in [0.05, 0.1) is 5.56 Å². The lowest BCUT2D eigenvalue weighted by atomic mass is 9.93. The number of alkyl halides is 3. The Labute approximate surface area is 153 Å². The standard InChI is InChI=1S/C19H29F3N4/c1-3-26-11-8-15(9-12-26)7-10-24-18(23-2)25-14-16-5-4-6-17(13-16)19(20,21)22/h4-6,13,15H,3,7-12,14H2,1-2H3,(H2,23,24,25). The Bertz CT molecular complexity index is 578. The van der Waals surface area contributed by atoms with Gasteiger partial charge in [-0.05, 0) is 62.5 Å². The lowest BCUT2D eigenvalue weighted by Crippen LogP contribution is -2.39. The Morgan fingerprint density at radius 3 is 2.58 bits per heavy atom. The van der Waals surface area contributed by atoms with Gasteiger partial charge in [-0.2, -0.15) is 13.2 Å². The number of likely N-dealkylation sites (tertiary alicyclic amines) is 1. The van der Waals surface area contributed by atoms with Crippen LogP contribution >= 0.6 is 0 Å². The van der Waals surface area contributed by atoms with Crippen LogP contribution in [-0.2, 0) is 12.7 Å². The molecule has 0 amide bonds. The topological polar surface area (TPSA) is 39.7 Å². The average Bonchev–Trinajstić information content (AvgIpc) is 2.64. The van der Waals surface area contributed by atoms with Crippen molar-refractivity contribution >= 4 is 5.96 Å². The Morgan fingerprint density at radius 1 is 1.23 bits per heavy atom. The normalized spacial score (nSPS) is 17.3. The summed E-state index contributed by atoms with van der Waals surface area (Å²) in [5.41, 5.74) is -0.0483. The predicted molar refractivity (Wildman–Crippen MR) is 99.1 cm³/mol. The molecule has 1 aromatic carbocycles. The molecule has 1 aliphatic rings. The summed E-state index contributed by atoms with van der Waals surface area (Å²) < 4.78 is 38.3. The van der Waals surface area contributed by atoms with Crippen LogP contribution in [0.15, 0.2) is 29.3 Å². The van der Waals surface area contributed by atoms with Gasteiger partial charge in [-0.25, -0.2) is 0 Å². The molecule has 1 saturated heterocycles. The van der Waals surface area contributed by atoms with E-state index in [0.29, 0.717) is 18.1 Å². The van der Waals surface area contributed by atoms with Crippen molar-refractivity contribution in [1.29, 1.82) is 0 Å². The molecule has 1 aromatic rings. The van der Waals surface area contributed by atoms with E-state index in [1.807, 2.05) is 0 Å². The molecule has 2 rings (SSSR count). The smallest absolute Gasteiger partial charge is 0.356 e. The second-order valence-corrected chi connectivity index (χ2v) is 6.72. The van der Waals surface area contributed by atoms with Crippen LogP contribution in [0.1, 0.15) is 37.3 Å². The monoisotopic (exact) mass is 370 g/mol. The number of guanidine groups is 1. The molecule has 0 radical (unpaired) electrons. The van der Waals surface area contributed by atoms with Crippen molar-refractivity contribution in [3.63, 3.8) is 0 Å². The number of rotatable bonds is 6. The van der Waals surface area contributed by atoms with Crippen LogP contribution in [-0.4, -0.2) is 44.1 Å². The van der Waals surface area contributed by atoms with E-state index >= 15 is 0 Å². The van der Waals surface area contributed by atoms with E-state index in [-0.39, 0.29) is 0 Å². The quantitative estimate of drug-likeness (QED) is 0.595. The van der Waals surface area contributed by atoms with E-state index in [9.17, 15) is 13.2 Å². The van der Waals surface area contributed by atoms with Gasteiger partial charge in [0, 0.05) is 20.1 Å². The van der Waals surface area contributed by atoms with Gasteiger partial charge >= 0.3 is 6.18 Å². The van der Waals surface area contributed by atoms with Gasteiger partial charge in [-0.15, -0.1) is 0 Å². The number of hydrogen-bond acceptors (Lipinski definition) is 2. The molecule has 1 aliphatic heterocycles. The third kappa shape index (κ3) is 6.52. The number of hydrogen-bond donors (Lipinski definition) is 2. The molecule has 7 heteroatoms. The minimum Gasteiger partial charge on any atom is -0.356 e. The predicted octanol–water partition coefficient (Wildman–Crippen LogP) is 3.49. The molecule has 0 atom stereocenters. The fraction of sp³-hybridized carbons (Fsp3) is 0.632. The van der Waals surface area contributed by atoms with Crippen LogP contribution in [0.3, 0.4) is 0 Å². The van der Waals surface area contributed by atoms with E-state index in [1.165, 1.54) is 38.1 Å². The second kappa shape index (κ2) is 9.80. The first-order valence-electron chi connectivity index (χ1n) is 9.25. The van der Waals surface area contributed by atoms with Crippen molar-refractivity contribution in [3.05, 3.63) is 35.4 Å². The van der Waals surface area contributed by atoms with Crippen molar-refractivity contribution < 1.29 is 13.2 Å². The summed E-state index contributed by atoms with van der Waals surface area (Å²) in [5.74, 6) is 1.35. The van der Waals surface area contributed by atoms with Crippen molar-refractivity contribution in [3.8, 4) is 0 Å². The average molecular weight is 370 g/mol. The van der Waals surface area contributed by atoms with Gasteiger partial charge < -0.3 is 15.5 Å². The van der Waals surface area contributed by atoms with E-state index in [0.717, 1.165) is 31.5 Å². The summed E-state index contributed by atoms with van der Waals surface area (Å²) in [6.07, 6.45) is -0.775. The number of benzene rings is 1. The maximum atomic E-state index is 12.8. The van der Waals surface area contributed by atoms with E-state index in [4.69, 9.17) is 0 Å². The molecule has 26 heavy (non-hydrogen) atoms. The third-order valence-electron chi connectivity index (χ3n) is 4.94. The fourth-order valence-electron chi connectivity index (χ4n) is 3.25. The van der Waals surface area contributed by atoms with Crippen molar-refractivity contribution in [2.24, 2.45) is 10.9 Å². The summed E-state index contributed by atoms with van der Waals surface area (Å²) in [5, 5.41) is 6.34. The maximum Gasteiger partial charge on any atom is 0.416 e. The fourth-order valence-corrected chi connectivity index (χ4v) is 3.25. The van der Waals surface area contributed by atoms with Crippen LogP contribution in [0.25, 0.3) is 0 Å². The highest BCUT2D eigenvalue weighted by atomic mass is 19.4. The van der Waals surface area contributed by atoms with E-state index in [1.54, 1.807) is 13.1 Å². The van der Waals surface area contributed by atoms with Crippen LogP contribution in [0.2, 0.25) is 0 Å². The zero-order valence-electron chi connectivity index (χ0n) is 15.6. The Hall–Kier alpha value is -1.76. The molecule has 0 spiro atoms. The van der Waals surface area contributed by atoms with Crippen molar-refractivity contribution in [2.75, 3.05) is 33.2 Å². The lowest BCUT2D eigenvalue weighted by Gasteiger charge is -2.31. The molecule has 0 aromatic heterocycles. The molecule has 1 heterocycles. The van der Waals surface area contributed by atoms with E-state index in [2.05, 4.69) is 27.4 Å². The molecule has 0 aliphatic carbocycles. The summed E-state index contributed by atoms with van der Waals surface area (Å²) >= 11 is 0. The summed E-state index contributed by atoms with van der Waals surface area (Å²) in [4.78, 5) is 6.62. The highest BCUT2D eigenvalue weighted by molar-refractivity contribution is 5.79. The maximum absolute atomic E-state index is 12.8. The SMILES string of the molecule is CCN1CCC(CCNC(=NC)NCc2cccc(C(F)(F)F)c2)CC1. The Balaban J connectivity index is 1.73. The largest absolute Gasteiger partial charge is 0.416 e. The molecular formula is C19H29F3N4. The lowest BCUT2D eigenvalue weighted by molar-refractivity contribution is -0.137. The van der Waals surface area contributed by atoms with Gasteiger partial charge in [0.25, 0.3) is 0 Å². The summed E-state index contributed by atoms with van der Waals surface area (Å²) in [6.45, 7) is 6.78. The van der Waals surface area contributed by atoms with Gasteiger partial charge in [-0.3, -0.25) is 4.99 Å². The highest BCUT2D eigenvalue weighted by Gasteiger charge is 2.30. The van der Waals surface area contributed by atoms with Crippen molar-refractivity contribution in [2.45, 2.75) is 38.9 Å². The first kappa shape index (κ1) is 20.6. The van der Waals surface area contributed by atoms with Gasteiger partial charge in [0.15, 0.2) is 5.96 Å². The number of nitrogens with zero attached hydrogens (tertiary/aromatic N) is 2. The van der Waals surface area contributed by atoms with Crippen LogP contribution in [0.5, 0.6) is 0 Å². The number of halogens is 3. The number of nitrogens with one attached hydrogen (secondary N) is 2. The van der Waals surface area contributed by atoms with Crippen LogP contribution in [0, 0.1) is 5.92 Å². The first-order chi connectivity index (χ1) is 12.4. The molecule has 146 valence electrons. The van der Waals surface area contributed by atoms with Crippen LogP contribution < -0.4 is 10.6 Å². The van der Waals surface area contributed by atoms with E-state index < -0.39 is 11.7 Å². The molecule has 4 nitrogen and oxygen atoms in total. The molecule has 0 unspecified atom stereocenters. The summed E-state index contributed by atoms with van der Waals surface area (Å²) in [6, 6.07) is 5.36. The minimum absolute atomic E-state index is 0.304. The van der Waals surface area contributed by atoms with Gasteiger partial charge in [0.1, 0.15) is 0 Å². The third-order valence-corrected chi connectivity index (χ3v) is 4.94. The van der Waals surface area contributed by atoms with Gasteiger partial charge in [-0.1, -0.05) is 19.1 Å². The molecule has 0 saturated carbocycles. The highest BCUT2D eigenvalue weighted by Crippen LogP contribution is 2.29. The Kier molecular flexibility index (Phi) is 7.75. The summed E-state index contributed by atoms with van der Waals surface area (Å²) in [7, 11) is 1.67. The zero-order valence-corrected chi connectivity index (χ0v) is 15.6. The minimum atomic E-state index is -4.32. The van der Waals surface area contributed by atoms with Gasteiger partial charge in [0.2, 0.25) is 0 Å². The number of piperidine rings is 1. The molecule has 1 fully saturated rings. The zero-order chi connectivity index (χ0) is 19.0. The van der Waals surface area contributed by atoms with Crippen molar-refractivity contribution in [1.82, 2.24) is 15.5 Å². The molecule has 2 N–H and O–H groups in total. The number of aliphatic imine (C=N–C) groups is 1. The first-order valence-corrected chi connectivity index (χ1v) is 9.25. The van der Waals surface area contributed by atoms with Crippen LogP contribution in [0.4, 0.5) is 13.2 Å². The second-order valence-electron chi connectivity index (χ2n) is 6.72.